The number of hydrogen-bond donors (Lipinski definition) is 1. The molecular weight excluding hydrogens is 302 g/mol. The molecule has 5 nitrogen and oxygen atoms in total. The second-order valence-corrected chi connectivity index (χ2v) is 5.00. The van der Waals surface area contributed by atoms with E-state index in [0.717, 1.165) is 0 Å². The third-order valence-electron chi connectivity index (χ3n) is 3.39. The third-order valence-corrected chi connectivity index (χ3v) is 3.39. The number of anilines is 1. The molecule has 0 aliphatic carbocycles. The summed E-state index contributed by atoms with van der Waals surface area (Å²) in [7, 11) is 0. The molecule has 2 aromatic heterocycles. The van der Waals surface area contributed by atoms with Crippen molar-refractivity contribution in [3.8, 4) is 17.1 Å². The van der Waals surface area contributed by atoms with Gasteiger partial charge in [0.2, 0.25) is 0 Å². The number of para-hydroxylation sites is 2. The predicted molar refractivity (Wildman–Crippen MR) is 93.0 cm³/mol. The Labute approximate surface area is 140 Å². The molecule has 0 aliphatic heterocycles. The van der Waals surface area contributed by atoms with Gasteiger partial charge in [0.1, 0.15) is 11.4 Å². The van der Waals surface area contributed by atoms with Gasteiger partial charge in [-0.2, -0.15) is 0 Å². The predicted octanol–water partition coefficient (Wildman–Crippen LogP) is 3.79. The molecule has 0 atom stereocenters. The smallest absolute Gasteiger partial charge is 0.258 e. The molecular formula is C19H17N3O2. The lowest BCUT2D eigenvalue weighted by Gasteiger charge is -2.12. The molecule has 1 N–H and O–H groups in total. The van der Waals surface area contributed by atoms with Gasteiger partial charge in [0.15, 0.2) is 0 Å². The molecule has 1 amide bonds. The maximum atomic E-state index is 12.7. The van der Waals surface area contributed by atoms with Gasteiger partial charge in [0.05, 0.1) is 23.6 Å². The van der Waals surface area contributed by atoms with Gasteiger partial charge in [-0.05, 0) is 43.3 Å². The largest absolute Gasteiger partial charge is 0.492 e. The second-order valence-electron chi connectivity index (χ2n) is 5.00. The molecule has 120 valence electrons. The highest BCUT2D eigenvalue weighted by Gasteiger charge is 2.16. The van der Waals surface area contributed by atoms with Crippen LogP contribution in [0.5, 0.6) is 5.75 Å². The van der Waals surface area contributed by atoms with E-state index in [4.69, 9.17) is 4.74 Å². The van der Waals surface area contributed by atoms with Crippen molar-refractivity contribution in [3.05, 3.63) is 72.6 Å². The summed E-state index contributed by atoms with van der Waals surface area (Å²) in [5.74, 6) is 0.382. The number of carbonyl (C=O) groups is 1. The number of aromatic nitrogens is 2. The fraction of sp³-hybridized carbons (Fsp3) is 0.105. The summed E-state index contributed by atoms with van der Waals surface area (Å²) >= 11 is 0. The number of benzene rings is 1. The van der Waals surface area contributed by atoms with E-state index in [2.05, 4.69) is 15.3 Å². The number of nitrogens with one attached hydrogen (secondary N) is 1. The Morgan fingerprint density at radius 3 is 2.58 bits per heavy atom. The monoisotopic (exact) mass is 319 g/mol. The van der Waals surface area contributed by atoms with Crippen LogP contribution in [0.1, 0.15) is 17.3 Å². The van der Waals surface area contributed by atoms with Gasteiger partial charge >= 0.3 is 0 Å². The van der Waals surface area contributed by atoms with Crippen molar-refractivity contribution in [1.29, 1.82) is 0 Å². The van der Waals surface area contributed by atoms with Crippen LogP contribution in [-0.4, -0.2) is 22.5 Å². The summed E-state index contributed by atoms with van der Waals surface area (Å²) in [4.78, 5) is 21.3. The first kappa shape index (κ1) is 15.7. The molecule has 5 heteroatoms. The van der Waals surface area contributed by atoms with Crippen molar-refractivity contribution in [1.82, 2.24) is 9.97 Å². The third kappa shape index (κ3) is 3.41. The average Bonchev–Trinajstić information content (AvgIpc) is 2.64. The quantitative estimate of drug-likeness (QED) is 0.777. The molecule has 0 radical (unpaired) electrons. The molecule has 24 heavy (non-hydrogen) atoms. The first-order valence-corrected chi connectivity index (χ1v) is 7.69. The average molecular weight is 319 g/mol. The van der Waals surface area contributed by atoms with Gasteiger partial charge in [0, 0.05) is 12.4 Å². The molecule has 0 saturated heterocycles. The van der Waals surface area contributed by atoms with E-state index in [1.807, 2.05) is 43.3 Å². The van der Waals surface area contributed by atoms with Crippen molar-refractivity contribution in [2.45, 2.75) is 6.92 Å². The first-order valence-electron chi connectivity index (χ1n) is 7.69. The minimum atomic E-state index is -0.254. The SMILES string of the molecule is CCOc1ccccc1NC(=O)c1cccnc1-c1ccccn1. The zero-order valence-electron chi connectivity index (χ0n) is 13.3. The Morgan fingerprint density at radius 1 is 1.00 bits per heavy atom. The van der Waals surface area contributed by atoms with Gasteiger partial charge in [-0.3, -0.25) is 14.8 Å². The minimum absolute atomic E-state index is 0.254. The summed E-state index contributed by atoms with van der Waals surface area (Å²) < 4.78 is 5.55. The van der Waals surface area contributed by atoms with Crippen LogP contribution in [0.15, 0.2) is 67.0 Å². The van der Waals surface area contributed by atoms with Crippen molar-refractivity contribution in [2.75, 3.05) is 11.9 Å². The van der Waals surface area contributed by atoms with E-state index in [1.165, 1.54) is 0 Å². The fourth-order valence-electron chi connectivity index (χ4n) is 2.34. The van der Waals surface area contributed by atoms with Crippen LogP contribution in [0.2, 0.25) is 0 Å². The first-order chi connectivity index (χ1) is 11.8. The highest BCUT2D eigenvalue weighted by molar-refractivity contribution is 6.08. The Hall–Kier alpha value is -3.21. The summed E-state index contributed by atoms with van der Waals surface area (Å²) in [6.07, 6.45) is 3.32. The molecule has 3 rings (SSSR count). The zero-order valence-corrected chi connectivity index (χ0v) is 13.3. The van der Waals surface area contributed by atoms with Gasteiger partial charge < -0.3 is 10.1 Å². The number of pyridine rings is 2. The standard InChI is InChI=1S/C19H17N3O2/c1-2-24-17-11-4-3-9-15(17)22-19(23)14-8-7-13-21-18(14)16-10-5-6-12-20-16/h3-13H,2H2,1H3,(H,22,23). The molecule has 3 aromatic rings. The molecule has 0 fully saturated rings. The minimum Gasteiger partial charge on any atom is -0.492 e. The Kier molecular flexibility index (Phi) is 4.81. The van der Waals surface area contributed by atoms with E-state index in [0.29, 0.717) is 35.0 Å². The van der Waals surface area contributed by atoms with Crippen LogP contribution < -0.4 is 10.1 Å². The van der Waals surface area contributed by atoms with E-state index in [9.17, 15) is 4.79 Å². The van der Waals surface area contributed by atoms with Gasteiger partial charge in [0.25, 0.3) is 5.91 Å². The van der Waals surface area contributed by atoms with Crippen LogP contribution in [0.4, 0.5) is 5.69 Å². The second kappa shape index (κ2) is 7.37. The fourth-order valence-corrected chi connectivity index (χ4v) is 2.34. The van der Waals surface area contributed by atoms with Gasteiger partial charge in [-0.15, -0.1) is 0 Å². The molecule has 0 saturated carbocycles. The van der Waals surface area contributed by atoms with Crippen molar-refractivity contribution < 1.29 is 9.53 Å². The Bertz CT molecular complexity index is 835. The van der Waals surface area contributed by atoms with Gasteiger partial charge in [-0.25, -0.2) is 0 Å². The van der Waals surface area contributed by atoms with Crippen LogP contribution in [0.3, 0.4) is 0 Å². The Balaban J connectivity index is 1.92. The lowest BCUT2D eigenvalue weighted by molar-refractivity contribution is 0.102. The van der Waals surface area contributed by atoms with Crippen molar-refractivity contribution in [3.63, 3.8) is 0 Å². The molecule has 1 aromatic carbocycles. The molecule has 0 bridgehead atoms. The van der Waals surface area contributed by atoms with Crippen molar-refractivity contribution >= 4 is 11.6 Å². The van der Waals surface area contributed by atoms with Crippen molar-refractivity contribution in [2.24, 2.45) is 0 Å². The van der Waals surface area contributed by atoms with Crippen LogP contribution >= 0.6 is 0 Å². The molecule has 2 heterocycles. The highest BCUT2D eigenvalue weighted by atomic mass is 16.5. The van der Waals surface area contributed by atoms with Gasteiger partial charge in [-0.1, -0.05) is 18.2 Å². The lowest BCUT2D eigenvalue weighted by atomic mass is 10.1. The van der Waals surface area contributed by atoms with E-state index in [1.54, 1.807) is 30.6 Å². The zero-order chi connectivity index (χ0) is 16.8. The molecule has 0 spiro atoms. The maximum Gasteiger partial charge on any atom is 0.258 e. The summed E-state index contributed by atoms with van der Waals surface area (Å²) in [6, 6.07) is 16.3. The maximum absolute atomic E-state index is 12.7. The number of rotatable bonds is 5. The Morgan fingerprint density at radius 2 is 1.79 bits per heavy atom. The number of amides is 1. The number of ether oxygens (including phenoxy) is 1. The van der Waals surface area contributed by atoms with E-state index >= 15 is 0 Å². The van der Waals surface area contributed by atoms with E-state index in [-0.39, 0.29) is 5.91 Å². The molecule has 0 unspecified atom stereocenters. The van der Waals surface area contributed by atoms with Crippen LogP contribution in [0, 0.1) is 0 Å². The summed E-state index contributed by atoms with van der Waals surface area (Å²) in [5.41, 5.74) is 2.29. The summed E-state index contributed by atoms with van der Waals surface area (Å²) in [5, 5.41) is 2.89. The molecule has 0 aliphatic rings. The number of carbonyl (C=O) groups excluding carboxylic acids is 1. The number of nitrogens with zero attached hydrogens (tertiary/aromatic N) is 2. The van der Waals surface area contributed by atoms with E-state index < -0.39 is 0 Å². The normalized spacial score (nSPS) is 10.2. The number of hydrogen-bond acceptors (Lipinski definition) is 4. The lowest BCUT2D eigenvalue weighted by Crippen LogP contribution is -2.15. The summed E-state index contributed by atoms with van der Waals surface area (Å²) in [6.45, 7) is 2.43. The topological polar surface area (TPSA) is 64.1 Å². The van der Waals surface area contributed by atoms with Crippen LogP contribution in [0.25, 0.3) is 11.4 Å². The highest BCUT2D eigenvalue weighted by Crippen LogP contribution is 2.26. The van der Waals surface area contributed by atoms with Crippen LogP contribution in [-0.2, 0) is 0 Å².